The lowest BCUT2D eigenvalue weighted by molar-refractivity contribution is -0.255. The van der Waals surface area contributed by atoms with Crippen molar-refractivity contribution in [1.29, 1.82) is 0 Å². The number of carbonyl (C=O) groups is 3. The molecule has 0 radical (unpaired) electrons. The molecule has 1 aliphatic carbocycles. The highest BCUT2D eigenvalue weighted by Crippen LogP contribution is 2.66. The van der Waals surface area contributed by atoms with Gasteiger partial charge >= 0.3 is 29.2 Å². The number of carboxylic acid groups (broad SMARTS) is 1. The standard InChI is InChI=1S/C25H41N4O20P3.C24H22N2O3/c1-18(30)26-6-8-43-10-12-45-14-13-44-11-9-42-7-4-22(32)27-5-2-3-19-16-29(25(34)28-24(19)33)23-15-20(31)21(47-23)17-46-51(38,39)49-52(40,41)48-50(35,36)37;1-25(2)15-9-11-19-21(13-15)29-22-14-16(26(3)4)10-12-20(22)23(19)17-7-5-6-8-18(17)24(27)28/h16,20-21,23,31H,4-15,17H2,1H3,(H,26,30)(H,27,32)(H,38,39)(H,40,41)(H,28,33,34)(H2,35,36,37);5-14H,1-4H3/t20-,21+,23+;/m0./s1. The monoisotopic (exact) mass is 1200 g/mol. The quantitative estimate of drug-likeness (QED) is 0.0115. The van der Waals surface area contributed by atoms with Crippen LogP contribution in [0.2, 0.25) is 0 Å². The number of phosphoric acid groups is 3. The highest BCUT2D eigenvalue weighted by molar-refractivity contribution is 7.66. The number of nitrogens with one attached hydrogen (secondary N) is 3. The molecule has 1 saturated heterocycles. The summed E-state index contributed by atoms with van der Waals surface area (Å²) in [6.07, 6.45) is -3.40. The third kappa shape index (κ3) is 21.2. The number of aliphatic hydroxyl groups excluding tert-OH is 1. The molecule has 32 heteroatoms. The summed E-state index contributed by atoms with van der Waals surface area (Å²) >= 11 is 0. The van der Waals surface area contributed by atoms with Gasteiger partial charge in [-0.25, -0.2) is 23.1 Å². The van der Waals surface area contributed by atoms with Crippen LogP contribution in [0, 0.1) is 11.8 Å². The van der Waals surface area contributed by atoms with Gasteiger partial charge in [0.2, 0.25) is 17.2 Å². The van der Waals surface area contributed by atoms with Gasteiger partial charge in [-0.15, -0.1) is 0 Å². The van der Waals surface area contributed by atoms with E-state index in [0.717, 1.165) is 38.3 Å². The fourth-order valence-corrected chi connectivity index (χ4v) is 10.5. The number of anilines is 1. The summed E-state index contributed by atoms with van der Waals surface area (Å²) in [5, 5.41) is 29.1. The van der Waals surface area contributed by atoms with Gasteiger partial charge in [-0.2, -0.15) is 8.62 Å². The molecule has 0 spiro atoms. The molecule has 8 N–H and O–H groups in total. The van der Waals surface area contributed by atoms with E-state index in [-0.39, 0.29) is 56.2 Å². The van der Waals surface area contributed by atoms with Crippen LogP contribution >= 0.6 is 23.5 Å². The number of aromatic amines is 1. The van der Waals surface area contributed by atoms with E-state index in [0.29, 0.717) is 56.5 Å². The van der Waals surface area contributed by atoms with Gasteiger partial charge in [0.1, 0.15) is 43.3 Å². The van der Waals surface area contributed by atoms with Crippen molar-refractivity contribution in [2.45, 2.75) is 38.2 Å². The molecule has 1 aromatic heterocycles. The minimum Gasteiger partial charge on any atom is -0.545 e. The van der Waals surface area contributed by atoms with E-state index in [4.69, 9.17) is 37.9 Å². The van der Waals surface area contributed by atoms with E-state index in [9.17, 15) is 57.7 Å². The smallest absolute Gasteiger partial charge is 0.490 e. The number of nitrogens with zero attached hydrogens (tertiary/aromatic N) is 3. The Morgan fingerprint density at radius 1 is 0.852 bits per heavy atom. The Morgan fingerprint density at radius 3 is 2.14 bits per heavy atom. The van der Waals surface area contributed by atoms with E-state index in [1.165, 1.54) is 6.92 Å². The molecule has 81 heavy (non-hydrogen) atoms. The Balaban J connectivity index is 0.000000346. The number of rotatable bonds is 27. The van der Waals surface area contributed by atoms with Crippen molar-refractivity contribution in [2.75, 3.05) is 106 Å². The number of amides is 2. The molecular formula is C49H63N6O23P3. The Labute approximate surface area is 462 Å². The summed E-state index contributed by atoms with van der Waals surface area (Å²) in [7, 11) is -8.99. The van der Waals surface area contributed by atoms with Crippen LogP contribution in [-0.4, -0.2) is 165 Å². The van der Waals surface area contributed by atoms with Crippen LogP contribution in [0.3, 0.4) is 0 Å². The van der Waals surface area contributed by atoms with Crippen LogP contribution in [-0.2, 0) is 60.1 Å². The molecule has 0 bridgehead atoms. The Kier molecular flexibility index (Phi) is 24.9. The molecule has 1 fully saturated rings. The zero-order valence-corrected chi connectivity index (χ0v) is 47.2. The average Bonchev–Trinajstić information content (AvgIpc) is 3.84. The van der Waals surface area contributed by atoms with Crippen molar-refractivity contribution >= 4 is 57.9 Å². The van der Waals surface area contributed by atoms with E-state index in [1.54, 1.807) is 12.1 Å². The van der Waals surface area contributed by atoms with Crippen LogP contribution in [0.5, 0.6) is 0 Å². The summed E-state index contributed by atoms with van der Waals surface area (Å²) in [6.45, 7) is 3.21. The second-order valence-corrected chi connectivity index (χ2v) is 22.2. The molecule has 2 unspecified atom stereocenters. The fraction of sp³-hybridized carbons (Fsp3) is 0.429. The second-order valence-electron chi connectivity index (χ2n) is 17.7. The molecule has 0 saturated carbocycles. The first-order valence-electron chi connectivity index (χ1n) is 24.5. The van der Waals surface area contributed by atoms with Gasteiger partial charge in [-0.1, -0.05) is 36.1 Å². The Hall–Kier alpha value is -6.25. The predicted octanol–water partition coefficient (Wildman–Crippen LogP) is 0.255. The second kappa shape index (κ2) is 30.7. The Morgan fingerprint density at radius 2 is 1.51 bits per heavy atom. The maximum atomic E-state index is 12.4. The zero-order chi connectivity index (χ0) is 59.5. The number of carbonyl (C=O) groups excluding carboxylic acids is 3. The molecule has 6 rings (SSSR count). The van der Waals surface area contributed by atoms with Crippen molar-refractivity contribution < 1.29 is 99.1 Å². The van der Waals surface area contributed by atoms with E-state index in [2.05, 4.69) is 35.6 Å². The number of aromatic carboxylic acids is 1. The van der Waals surface area contributed by atoms with Gasteiger partial charge in [-0.3, -0.25) is 28.5 Å². The maximum Gasteiger partial charge on any atom is 0.490 e. The molecule has 2 amide bonds. The van der Waals surface area contributed by atoms with Crippen LogP contribution in [0.1, 0.15) is 41.9 Å². The number of ether oxygens (including phenoxy) is 5. The number of fused-ring (bicyclic) bond motifs is 2. The maximum absolute atomic E-state index is 12.4. The van der Waals surface area contributed by atoms with Crippen LogP contribution in [0.4, 0.5) is 5.69 Å². The number of hydrogen-bond acceptors (Lipinski definition) is 20. The summed E-state index contributed by atoms with van der Waals surface area (Å²) in [6, 6.07) is 18.9. The van der Waals surface area contributed by atoms with Gasteiger partial charge in [0.25, 0.3) is 5.56 Å². The summed E-state index contributed by atoms with van der Waals surface area (Å²) in [5.41, 5.74) is 2.12. The third-order valence-corrected chi connectivity index (χ3v) is 15.0. The number of hydrogen-bond donors (Lipinski definition) is 8. The molecular weight excluding hydrogens is 1130 g/mol. The fourth-order valence-electron chi connectivity index (χ4n) is 7.48. The number of aliphatic hydroxyl groups is 1. The van der Waals surface area contributed by atoms with Crippen LogP contribution in [0.25, 0.3) is 33.4 Å². The zero-order valence-electron chi connectivity index (χ0n) is 44.5. The van der Waals surface area contributed by atoms with Gasteiger partial charge in [0, 0.05) is 86.5 Å². The molecule has 29 nitrogen and oxygen atoms in total. The summed E-state index contributed by atoms with van der Waals surface area (Å²) < 4.78 is 81.7. The molecule has 442 valence electrons. The normalized spacial score (nSPS) is 16.5. The largest absolute Gasteiger partial charge is 0.545 e. The summed E-state index contributed by atoms with van der Waals surface area (Å²) in [5.74, 6) is 4.04. The summed E-state index contributed by atoms with van der Waals surface area (Å²) in [4.78, 5) is 99.3. The topological polar surface area (TPSA) is 399 Å². The van der Waals surface area contributed by atoms with E-state index < -0.39 is 71.6 Å². The van der Waals surface area contributed by atoms with Gasteiger partial charge in [-0.05, 0) is 23.8 Å². The lowest BCUT2D eigenvalue weighted by atomic mass is 9.90. The number of benzene rings is 3. The SMILES string of the molecule is CC(=O)NCCOCCOCCOCCOCCC(=O)NCC#Cc1cn([C@H]2C[C@H](O)[C@@H](COP(=O)(O)OP(=O)(O)OP(=O)(O)O)O2)c(=O)[nH]c1=O.CN(C)c1ccc2c(-c3ccccc3C(=O)[O-])c3ccc(=[N+](C)C)cc-3oc2c1. The minimum atomic E-state index is -5.77. The molecule has 3 aliphatic rings. The van der Waals surface area contributed by atoms with Crippen molar-refractivity contribution in [3.8, 4) is 34.3 Å². The predicted molar refractivity (Wildman–Crippen MR) is 286 cm³/mol. The lowest BCUT2D eigenvalue weighted by Gasteiger charge is -2.19. The molecule has 5 atom stereocenters. The molecule has 2 aromatic carbocycles. The number of H-pyrrole nitrogens is 1. The third-order valence-electron chi connectivity index (χ3n) is 11.2. The van der Waals surface area contributed by atoms with Crippen molar-refractivity contribution in [1.82, 2.24) is 24.8 Å². The highest BCUT2D eigenvalue weighted by atomic mass is 31.3. The first kappa shape index (κ1) is 65.6. The van der Waals surface area contributed by atoms with E-state index >= 15 is 0 Å². The van der Waals surface area contributed by atoms with Gasteiger partial charge in [0.05, 0.1) is 84.1 Å². The highest BCUT2D eigenvalue weighted by Gasteiger charge is 2.43. The number of carboxylic acids is 1. The first-order valence-corrected chi connectivity index (χ1v) is 29.0. The van der Waals surface area contributed by atoms with Crippen molar-refractivity contribution in [3.63, 3.8) is 0 Å². The minimum absolute atomic E-state index is 0.0166. The molecule has 3 heterocycles. The Bertz CT molecular complexity index is 3360. The van der Waals surface area contributed by atoms with Crippen LogP contribution < -0.4 is 41.8 Å². The molecule has 3 aromatic rings. The van der Waals surface area contributed by atoms with E-state index in [1.807, 2.05) is 91.2 Å². The first-order chi connectivity index (χ1) is 38.2. The van der Waals surface area contributed by atoms with Gasteiger partial charge < -0.3 is 78.2 Å². The number of aromatic nitrogens is 2. The average molecular weight is 1200 g/mol. The van der Waals surface area contributed by atoms with Gasteiger partial charge in [0.15, 0.2) is 0 Å². The number of phosphoric ester groups is 1. The molecule has 2 aliphatic heterocycles. The van der Waals surface area contributed by atoms with Crippen molar-refractivity contribution in [2.24, 2.45) is 0 Å². The van der Waals surface area contributed by atoms with Crippen LogP contribution in [0.15, 0.2) is 80.9 Å². The lowest BCUT2D eigenvalue weighted by Crippen LogP contribution is -2.34. The van der Waals surface area contributed by atoms with Crippen molar-refractivity contribution in [3.05, 3.63) is 104 Å².